The largest absolute Gasteiger partial charge is 0.491 e. The number of hydrogen-bond donors (Lipinski definition) is 4. The van der Waals surface area contributed by atoms with Gasteiger partial charge in [-0.15, -0.1) is 0 Å². The second-order valence-electron chi connectivity index (χ2n) is 21.5. The number of rotatable bonds is 37. The number of unbranched alkanes of at least 4 members (excludes halogenated alkanes) is 2. The van der Waals surface area contributed by atoms with Crippen LogP contribution in [-0.2, 0) is 56.4 Å². The van der Waals surface area contributed by atoms with Gasteiger partial charge >= 0.3 is 6.03 Å². The van der Waals surface area contributed by atoms with E-state index < -0.39 is 35.6 Å². The molecule has 2 aliphatic heterocycles. The van der Waals surface area contributed by atoms with Gasteiger partial charge in [0.15, 0.2) is 6.61 Å². The number of nitrogens with one attached hydrogen (secondary N) is 4. The van der Waals surface area contributed by atoms with E-state index in [9.17, 15) is 33.6 Å². The van der Waals surface area contributed by atoms with Gasteiger partial charge in [0, 0.05) is 82.6 Å². The summed E-state index contributed by atoms with van der Waals surface area (Å²) >= 11 is 0. The number of carbonyl (C=O) groups excluding carboxylic acids is 6. The van der Waals surface area contributed by atoms with Gasteiger partial charge in [-0.2, -0.15) is 5.26 Å². The van der Waals surface area contributed by atoms with Gasteiger partial charge in [0.2, 0.25) is 17.4 Å². The van der Waals surface area contributed by atoms with Crippen molar-refractivity contribution in [1.29, 1.82) is 5.26 Å². The van der Waals surface area contributed by atoms with Gasteiger partial charge < -0.3 is 58.4 Å². The van der Waals surface area contributed by atoms with Gasteiger partial charge in [0.1, 0.15) is 36.0 Å². The van der Waals surface area contributed by atoms with Crippen molar-refractivity contribution in [3.05, 3.63) is 136 Å². The number of aromatic nitrogens is 2. The number of piperidine rings is 1. The fraction of sp³-hybridized carbons (Fsp3) is 0.462. The number of amides is 7. The smallest absolute Gasteiger partial charge is 0.322 e. The lowest BCUT2D eigenvalue weighted by Crippen LogP contribution is -2.54. The standard InChI is InChI=1S/C65H79N9O15/c1-72-44-49(14-26-60(72)77)48-12-17-51(18-13-48)73(52-19-15-50(16-20-52)70-57-24-11-47(41-66)43-68-57)65(81)69-42-46-9-21-53(22-10-46)88-40-39-84-30-5-4-29-83-32-34-86-36-38-87-37-35-85-33-31-82-28-3-2-27-67-59(76)45-89-56-8-6-7-54-61(56)64(80)74(63(54)79)55-23-25-58(75)71-62(55)78/h6-14,17-18,21-22,24,26,43-44,50,52,55H,2-5,15-16,19-20,23,25,27-40,42,45H2,1H3,(H,67,76)(H,68,70)(H,69,81)(H,71,75,78). The molecular weight excluding hydrogens is 1150 g/mol. The van der Waals surface area contributed by atoms with Gasteiger partial charge in [-0.3, -0.25) is 43.9 Å². The summed E-state index contributed by atoms with van der Waals surface area (Å²) in [7, 11) is 1.72. The predicted octanol–water partition coefficient (Wildman–Crippen LogP) is 6.09. The summed E-state index contributed by atoms with van der Waals surface area (Å²) in [6.07, 6.45) is 9.75. The molecule has 4 N–H and O–H groups in total. The zero-order valence-electron chi connectivity index (χ0n) is 50.3. The number of ether oxygens (including phenoxy) is 8. The van der Waals surface area contributed by atoms with Crippen molar-refractivity contribution in [3.63, 3.8) is 0 Å². The maximum Gasteiger partial charge on any atom is 0.322 e. The number of imide groups is 2. The van der Waals surface area contributed by atoms with E-state index in [0.29, 0.717) is 123 Å². The van der Waals surface area contributed by atoms with Crippen molar-refractivity contribution < 1.29 is 66.7 Å². The van der Waals surface area contributed by atoms with Crippen LogP contribution in [0.5, 0.6) is 11.5 Å². The van der Waals surface area contributed by atoms with Crippen LogP contribution in [0.1, 0.15) is 96.1 Å². The molecule has 2 aromatic heterocycles. The molecule has 3 aliphatic rings. The number of carbonyl (C=O) groups is 6. The molecule has 89 heavy (non-hydrogen) atoms. The first-order valence-corrected chi connectivity index (χ1v) is 30.3. The third-order valence-corrected chi connectivity index (χ3v) is 15.1. The van der Waals surface area contributed by atoms with Crippen LogP contribution in [0.15, 0.2) is 108 Å². The van der Waals surface area contributed by atoms with Crippen LogP contribution in [0.25, 0.3) is 11.1 Å². The summed E-state index contributed by atoms with van der Waals surface area (Å²) in [6, 6.07) is 27.9. The van der Waals surface area contributed by atoms with E-state index in [4.69, 9.17) is 43.2 Å². The number of nitrogens with zero attached hydrogens (tertiary/aromatic N) is 5. The van der Waals surface area contributed by atoms with Crippen LogP contribution in [0, 0.1) is 11.3 Å². The molecule has 8 rings (SSSR count). The Morgan fingerprint density at radius 2 is 1.29 bits per heavy atom. The number of hydrogen-bond acceptors (Lipinski definition) is 18. The third-order valence-electron chi connectivity index (χ3n) is 15.1. The molecule has 1 saturated heterocycles. The lowest BCUT2D eigenvalue weighted by atomic mass is 9.89. The maximum atomic E-state index is 14.1. The number of urea groups is 1. The Morgan fingerprint density at radius 3 is 1.91 bits per heavy atom. The highest BCUT2D eigenvalue weighted by molar-refractivity contribution is 6.24. The van der Waals surface area contributed by atoms with Crippen LogP contribution in [0.2, 0.25) is 0 Å². The Kier molecular flexibility index (Phi) is 26.4. The zero-order chi connectivity index (χ0) is 62.6. The predicted molar refractivity (Wildman–Crippen MR) is 327 cm³/mol. The quantitative estimate of drug-likeness (QED) is 0.0258. The molecule has 24 heteroatoms. The Labute approximate surface area is 517 Å². The molecule has 474 valence electrons. The summed E-state index contributed by atoms with van der Waals surface area (Å²) in [5.41, 5.74) is 4.04. The minimum Gasteiger partial charge on any atom is -0.491 e. The first kappa shape index (κ1) is 66.4. The maximum absolute atomic E-state index is 14.1. The summed E-state index contributed by atoms with van der Waals surface area (Å²) in [5.74, 6) is -1.44. The zero-order valence-corrected chi connectivity index (χ0v) is 50.3. The van der Waals surface area contributed by atoms with Crippen molar-refractivity contribution in [2.45, 2.75) is 88.9 Å². The first-order valence-electron chi connectivity index (χ1n) is 30.3. The van der Waals surface area contributed by atoms with Gasteiger partial charge in [0.25, 0.3) is 17.7 Å². The second-order valence-corrected chi connectivity index (χ2v) is 21.5. The van der Waals surface area contributed by atoms with Crippen LogP contribution in [0.3, 0.4) is 0 Å². The highest BCUT2D eigenvalue weighted by Gasteiger charge is 2.46. The lowest BCUT2D eigenvalue weighted by molar-refractivity contribution is -0.136. The molecule has 7 amide bonds. The molecule has 5 aromatic rings. The highest BCUT2D eigenvalue weighted by atomic mass is 16.6. The molecule has 1 atom stereocenters. The Bertz CT molecular complexity index is 3220. The van der Waals surface area contributed by atoms with Gasteiger partial charge in [-0.1, -0.05) is 30.3 Å². The number of benzene rings is 3. The average Bonchev–Trinajstić information content (AvgIpc) is 2.02. The number of nitriles is 1. The molecule has 1 unspecified atom stereocenters. The van der Waals surface area contributed by atoms with E-state index >= 15 is 0 Å². The van der Waals surface area contributed by atoms with Crippen LogP contribution in [-0.4, -0.2) is 167 Å². The van der Waals surface area contributed by atoms with E-state index in [0.717, 1.165) is 71.6 Å². The normalized spacial score (nSPS) is 16.3. The van der Waals surface area contributed by atoms with Gasteiger partial charge in [-0.05, 0) is 129 Å². The summed E-state index contributed by atoms with van der Waals surface area (Å²) in [6.45, 7) is 6.46. The SMILES string of the molecule is Cn1cc(-c2ccc(N(C(=O)NCc3ccc(OCCOCCCCOCCOCCOCCOCCOCCCCNC(=O)COc4cccc5c4C(=O)N(C4CCC(=O)NC4=O)C5=O)cc3)C3CCC(Nc4ccc(C#N)cn4)CC3)cc2)ccc1=O. The van der Waals surface area contributed by atoms with Crippen molar-refractivity contribution in [3.8, 4) is 28.7 Å². The molecule has 0 radical (unpaired) electrons. The lowest BCUT2D eigenvalue weighted by Gasteiger charge is -2.37. The van der Waals surface area contributed by atoms with Crippen molar-refractivity contribution in [2.75, 3.05) is 109 Å². The van der Waals surface area contributed by atoms with E-state index in [1.807, 2.05) is 59.5 Å². The molecule has 2 fully saturated rings. The second kappa shape index (κ2) is 35.4. The number of anilines is 2. The summed E-state index contributed by atoms with van der Waals surface area (Å²) in [4.78, 5) is 95.8. The Morgan fingerprint density at radius 1 is 0.663 bits per heavy atom. The number of fused-ring (bicyclic) bond motifs is 1. The molecule has 0 spiro atoms. The topological polar surface area (TPSA) is 290 Å². The third kappa shape index (κ3) is 20.5. The van der Waals surface area contributed by atoms with Gasteiger partial charge in [0.05, 0.1) is 76.2 Å². The van der Waals surface area contributed by atoms with Crippen LogP contribution < -0.4 is 41.2 Å². The fourth-order valence-electron chi connectivity index (χ4n) is 10.3. The highest BCUT2D eigenvalue weighted by Crippen LogP contribution is 2.34. The van der Waals surface area contributed by atoms with Gasteiger partial charge in [-0.25, -0.2) is 9.78 Å². The Balaban J connectivity index is 0.581. The number of pyridine rings is 2. The molecule has 3 aromatic carbocycles. The number of aryl methyl sites for hydroxylation is 1. The molecule has 1 aliphatic carbocycles. The summed E-state index contributed by atoms with van der Waals surface area (Å²) < 4.78 is 46.9. The molecular formula is C65H79N9O15. The average molecular weight is 1230 g/mol. The molecule has 0 bridgehead atoms. The molecule has 24 nitrogen and oxygen atoms in total. The van der Waals surface area contributed by atoms with Crippen molar-refractivity contribution in [2.24, 2.45) is 7.05 Å². The first-order chi connectivity index (χ1) is 43.4. The van der Waals surface area contributed by atoms with Crippen LogP contribution >= 0.6 is 0 Å². The Hall–Kier alpha value is -8.57. The van der Waals surface area contributed by atoms with E-state index in [2.05, 4.69) is 32.3 Å². The van der Waals surface area contributed by atoms with E-state index in [1.165, 1.54) is 18.2 Å². The van der Waals surface area contributed by atoms with Crippen molar-refractivity contribution in [1.82, 2.24) is 30.4 Å². The minimum atomic E-state index is -1.10. The molecule has 4 heterocycles. The molecule has 1 saturated carbocycles. The van der Waals surface area contributed by atoms with E-state index in [1.54, 1.807) is 42.2 Å². The summed E-state index contributed by atoms with van der Waals surface area (Å²) in [5, 5.41) is 20.7. The minimum absolute atomic E-state index is 0.00951. The van der Waals surface area contributed by atoms with Crippen LogP contribution in [0.4, 0.5) is 16.3 Å². The van der Waals surface area contributed by atoms with E-state index in [-0.39, 0.29) is 60.0 Å². The fourth-order valence-corrected chi connectivity index (χ4v) is 10.3. The monoisotopic (exact) mass is 1230 g/mol. The van der Waals surface area contributed by atoms with Crippen molar-refractivity contribution >= 4 is 47.1 Å².